The van der Waals surface area contributed by atoms with E-state index in [1.165, 1.54) is 19.2 Å². The average Bonchev–Trinajstić information content (AvgIpc) is 2.72. The van der Waals surface area contributed by atoms with E-state index in [4.69, 9.17) is 4.74 Å². The van der Waals surface area contributed by atoms with Gasteiger partial charge in [0.2, 0.25) is 0 Å². The van der Waals surface area contributed by atoms with Gasteiger partial charge in [-0.25, -0.2) is 0 Å². The summed E-state index contributed by atoms with van der Waals surface area (Å²) in [5, 5.41) is 1.83. The molecule has 0 saturated heterocycles. The Morgan fingerprint density at radius 3 is 2.04 bits per heavy atom. The van der Waals surface area contributed by atoms with Crippen LogP contribution in [0.25, 0.3) is 6.08 Å². The molecule has 0 aliphatic heterocycles. The minimum absolute atomic E-state index is 0.143. The fraction of sp³-hybridized carbons (Fsp3) is 0.0476. The first kappa shape index (κ1) is 19.1. The summed E-state index contributed by atoms with van der Waals surface area (Å²) in [4.78, 5) is 0.978. The van der Waals surface area contributed by atoms with Gasteiger partial charge in [-0.2, -0.15) is 8.42 Å². The molecule has 1 unspecified atom stereocenters. The predicted molar refractivity (Wildman–Crippen MR) is 110 cm³/mol. The zero-order valence-corrected chi connectivity index (χ0v) is 16.4. The van der Waals surface area contributed by atoms with Crippen LogP contribution in [-0.2, 0) is 20.7 Å². The maximum Gasteiger partial charge on any atom is 0.288 e. The molecule has 0 N–H and O–H groups in total. The molecule has 0 spiro atoms. The lowest BCUT2D eigenvalue weighted by Crippen LogP contribution is -2.00. The van der Waals surface area contributed by atoms with E-state index in [1.807, 2.05) is 72.1 Å². The Balaban J connectivity index is 2.02. The molecule has 3 aromatic carbocycles. The molecule has 0 radical (unpaired) electrons. The quantitative estimate of drug-likeness (QED) is 0.593. The third kappa shape index (κ3) is 5.15. The second kappa shape index (κ2) is 8.79. The highest BCUT2D eigenvalue weighted by atomic mass is 32.3. The summed E-state index contributed by atoms with van der Waals surface area (Å²) in [5.41, 5.74) is 0.989. The largest absolute Gasteiger partial charge is 0.497 e. The maximum atomic E-state index is 12.8. The zero-order valence-electron chi connectivity index (χ0n) is 14.7. The number of hydrogen-bond donors (Lipinski definition) is 0. The molecule has 0 aliphatic rings. The van der Waals surface area contributed by atoms with Crippen LogP contribution >= 0.6 is 0 Å². The smallest absolute Gasteiger partial charge is 0.288 e. The molecule has 4 nitrogen and oxygen atoms in total. The van der Waals surface area contributed by atoms with Crippen molar-refractivity contribution < 1.29 is 13.2 Å². The first-order valence-electron chi connectivity index (χ1n) is 8.22. The molecule has 6 heteroatoms. The van der Waals surface area contributed by atoms with Crippen molar-refractivity contribution in [1.82, 2.24) is 0 Å². The fourth-order valence-corrected chi connectivity index (χ4v) is 5.40. The van der Waals surface area contributed by atoms with Crippen LogP contribution in [-0.4, -0.2) is 15.5 Å². The normalized spacial score (nSPS) is 12.9. The maximum absolute atomic E-state index is 12.8. The van der Waals surface area contributed by atoms with Crippen molar-refractivity contribution in [2.45, 2.75) is 9.79 Å². The van der Waals surface area contributed by atoms with Gasteiger partial charge in [0.1, 0.15) is 5.75 Å². The molecule has 3 rings (SSSR count). The molecule has 0 aromatic heterocycles. The summed E-state index contributed by atoms with van der Waals surface area (Å²) in [6, 6.07) is 25.4. The van der Waals surface area contributed by atoms with Gasteiger partial charge >= 0.3 is 0 Å². The van der Waals surface area contributed by atoms with Crippen LogP contribution in [0.15, 0.2) is 104 Å². The van der Waals surface area contributed by atoms with E-state index >= 15 is 0 Å². The Hall–Kier alpha value is -2.70. The highest BCUT2D eigenvalue weighted by Gasteiger charge is 2.14. The predicted octanol–water partition coefficient (Wildman–Crippen LogP) is 4.92. The van der Waals surface area contributed by atoms with Crippen LogP contribution in [0, 0.1) is 0 Å². The van der Waals surface area contributed by atoms with Gasteiger partial charge in [-0.1, -0.05) is 48.5 Å². The minimum Gasteiger partial charge on any atom is -0.497 e. The molecule has 138 valence electrons. The third-order valence-electron chi connectivity index (χ3n) is 3.71. The monoisotopic (exact) mass is 397 g/mol. The van der Waals surface area contributed by atoms with E-state index in [1.54, 1.807) is 12.1 Å². The second-order valence-electron chi connectivity index (χ2n) is 5.57. The van der Waals surface area contributed by atoms with E-state index in [0.29, 0.717) is 5.75 Å². The zero-order chi connectivity index (χ0) is 19.1. The summed E-state index contributed by atoms with van der Waals surface area (Å²) < 4.78 is 34.9. The summed E-state index contributed by atoms with van der Waals surface area (Å²) in [5.74, 6) is 0.597. The first-order valence-corrected chi connectivity index (χ1v) is 10.9. The second-order valence-corrected chi connectivity index (χ2v) is 8.96. The van der Waals surface area contributed by atoms with Gasteiger partial charge in [0.05, 0.1) is 12.0 Å². The summed E-state index contributed by atoms with van der Waals surface area (Å²) in [7, 11) is -3.21. The molecular weight excluding hydrogens is 378 g/mol. The summed E-state index contributed by atoms with van der Waals surface area (Å²) >= 11 is 0. The first-order chi connectivity index (χ1) is 13.1. The highest BCUT2D eigenvalue weighted by molar-refractivity contribution is 8.01. The van der Waals surface area contributed by atoms with Crippen molar-refractivity contribution in [3.8, 4) is 5.75 Å². The van der Waals surface area contributed by atoms with Gasteiger partial charge in [0.25, 0.3) is 10.0 Å². The molecule has 0 fully saturated rings. The van der Waals surface area contributed by atoms with Gasteiger partial charge in [-0.15, -0.1) is 3.77 Å². The van der Waals surface area contributed by atoms with E-state index in [-0.39, 0.29) is 4.90 Å². The molecule has 1 atom stereocenters. The average molecular weight is 398 g/mol. The molecule has 0 amide bonds. The van der Waals surface area contributed by atoms with E-state index in [0.717, 1.165) is 10.5 Å². The lowest BCUT2D eigenvalue weighted by Gasteiger charge is -2.06. The molecule has 27 heavy (non-hydrogen) atoms. The Bertz CT molecular complexity index is 1040. The minimum atomic E-state index is -3.81. The van der Waals surface area contributed by atoms with Crippen LogP contribution in [0.2, 0.25) is 0 Å². The Morgan fingerprint density at radius 2 is 1.44 bits per heavy atom. The number of ether oxygens (including phenoxy) is 1. The van der Waals surface area contributed by atoms with Gasteiger partial charge < -0.3 is 4.74 Å². The standard InChI is InChI=1S/C21H19NO3S2/c1-25-19-12-14-21(15-13-19)27(23,24)22-26(20-10-6-3-7-11-20)17-16-18-8-4-2-5-9-18/h2-17H,1H3/b17-16+. The topological polar surface area (TPSA) is 55.7 Å². The van der Waals surface area contributed by atoms with E-state index in [2.05, 4.69) is 3.77 Å². The molecule has 3 aromatic rings. The van der Waals surface area contributed by atoms with Crippen molar-refractivity contribution in [3.05, 3.63) is 95.9 Å². The Morgan fingerprint density at radius 1 is 0.852 bits per heavy atom. The molecule has 0 heterocycles. The summed E-state index contributed by atoms with van der Waals surface area (Å²) in [6.07, 6.45) is 1.89. The Kier molecular flexibility index (Phi) is 6.21. The molecule has 0 bridgehead atoms. The third-order valence-corrected chi connectivity index (χ3v) is 7.15. The van der Waals surface area contributed by atoms with Crippen LogP contribution in [0.4, 0.5) is 0 Å². The lowest BCUT2D eigenvalue weighted by atomic mass is 10.2. The summed E-state index contributed by atoms with van der Waals surface area (Å²) in [6.45, 7) is 0. The molecular formula is C21H19NO3S2. The number of hydrogen-bond acceptors (Lipinski definition) is 3. The Labute approximate surface area is 162 Å². The van der Waals surface area contributed by atoms with Crippen molar-refractivity contribution in [2.75, 3.05) is 7.11 Å². The van der Waals surface area contributed by atoms with Crippen molar-refractivity contribution in [1.29, 1.82) is 0 Å². The number of nitrogens with zero attached hydrogens (tertiary/aromatic N) is 1. The van der Waals surface area contributed by atoms with Gasteiger partial charge in [-0.3, -0.25) is 0 Å². The number of rotatable bonds is 6. The van der Waals surface area contributed by atoms with Crippen LogP contribution < -0.4 is 4.74 Å². The van der Waals surface area contributed by atoms with Crippen molar-refractivity contribution in [3.63, 3.8) is 0 Å². The highest BCUT2D eigenvalue weighted by Crippen LogP contribution is 2.21. The van der Waals surface area contributed by atoms with Gasteiger partial charge in [-0.05, 0) is 64.1 Å². The van der Waals surface area contributed by atoms with Crippen LogP contribution in [0.5, 0.6) is 5.75 Å². The van der Waals surface area contributed by atoms with E-state index in [9.17, 15) is 8.42 Å². The van der Waals surface area contributed by atoms with Crippen molar-refractivity contribution >= 4 is 26.8 Å². The SMILES string of the molecule is COc1ccc(S(=O)(=O)/N=S(/C=C/c2ccccc2)c2ccccc2)cc1. The molecule has 0 saturated carbocycles. The van der Waals surface area contributed by atoms with Crippen LogP contribution in [0.3, 0.4) is 0 Å². The lowest BCUT2D eigenvalue weighted by molar-refractivity contribution is 0.414. The van der Waals surface area contributed by atoms with Crippen molar-refractivity contribution in [2.24, 2.45) is 3.77 Å². The van der Waals surface area contributed by atoms with Crippen LogP contribution in [0.1, 0.15) is 5.56 Å². The van der Waals surface area contributed by atoms with E-state index < -0.39 is 20.7 Å². The van der Waals surface area contributed by atoms with Gasteiger partial charge in [0, 0.05) is 4.90 Å². The number of benzene rings is 3. The fourth-order valence-electron chi connectivity index (χ4n) is 2.31. The number of methoxy groups -OCH3 is 1. The number of sulfonamides is 1. The van der Waals surface area contributed by atoms with Gasteiger partial charge in [0.15, 0.2) is 0 Å². The molecule has 0 aliphatic carbocycles.